The Bertz CT molecular complexity index is 699. The van der Waals surface area contributed by atoms with E-state index in [9.17, 15) is 4.79 Å². The predicted octanol–water partition coefficient (Wildman–Crippen LogP) is 5.73. The highest BCUT2D eigenvalue weighted by molar-refractivity contribution is 7.13. The summed E-state index contributed by atoms with van der Waals surface area (Å²) in [5, 5.41) is 6.18. The standard InChI is InChI=1S/C22H30N2OS/c1-3-4-5-17-8-12-18(13-9-17)21(25)23-14-20-15-26-22(24-20)19-10-6-16(2)7-11-19/h6-7,10-11,15,17-18H,3-5,8-9,12-14H2,1-2H3,(H,23,25). The molecule has 1 aromatic heterocycles. The Kier molecular flexibility index (Phi) is 6.84. The number of rotatable bonds is 7. The first-order valence-electron chi connectivity index (χ1n) is 9.95. The molecule has 0 bridgehead atoms. The van der Waals surface area contributed by atoms with Gasteiger partial charge in [0.15, 0.2) is 0 Å². The van der Waals surface area contributed by atoms with E-state index in [0.717, 1.165) is 35.0 Å². The van der Waals surface area contributed by atoms with Crippen LogP contribution in [0.5, 0.6) is 0 Å². The third-order valence-electron chi connectivity index (χ3n) is 5.48. The highest BCUT2D eigenvalue weighted by Gasteiger charge is 2.25. The fraction of sp³-hybridized carbons (Fsp3) is 0.545. The lowest BCUT2D eigenvalue weighted by molar-refractivity contribution is -0.126. The third kappa shape index (κ3) is 5.16. The zero-order chi connectivity index (χ0) is 18.4. The second-order valence-corrected chi connectivity index (χ2v) is 8.45. The first-order chi connectivity index (χ1) is 12.7. The number of thiazole rings is 1. The summed E-state index contributed by atoms with van der Waals surface area (Å²) in [5.41, 5.74) is 3.35. The van der Waals surface area contributed by atoms with E-state index in [1.165, 1.54) is 37.7 Å². The predicted molar refractivity (Wildman–Crippen MR) is 109 cm³/mol. The summed E-state index contributed by atoms with van der Waals surface area (Å²) in [6.07, 6.45) is 8.47. The zero-order valence-corrected chi connectivity index (χ0v) is 16.8. The fourth-order valence-electron chi connectivity index (χ4n) is 3.75. The van der Waals surface area contributed by atoms with Crippen molar-refractivity contribution in [1.29, 1.82) is 0 Å². The molecule has 1 aromatic carbocycles. The van der Waals surface area contributed by atoms with Crippen molar-refractivity contribution >= 4 is 17.2 Å². The minimum Gasteiger partial charge on any atom is -0.350 e. The number of carbonyl (C=O) groups excluding carboxylic acids is 1. The highest BCUT2D eigenvalue weighted by atomic mass is 32.1. The van der Waals surface area contributed by atoms with E-state index >= 15 is 0 Å². The molecule has 0 atom stereocenters. The van der Waals surface area contributed by atoms with Crippen LogP contribution in [0, 0.1) is 18.8 Å². The van der Waals surface area contributed by atoms with E-state index in [2.05, 4.69) is 53.8 Å². The van der Waals surface area contributed by atoms with Crippen LogP contribution in [0.4, 0.5) is 0 Å². The quantitative estimate of drug-likeness (QED) is 0.676. The van der Waals surface area contributed by atoms with Gasteiger partial charge >= 0.3 is 0 Å². The van der Waals surface area contributed by atoms with Gasteiger partial charge in [0.05, 0.1) is 12.2 Å². The van der Waals surface area contributed by atoms with E-state index < -0.39 is 0 Å². The van der Waals surface area contributed by atoms with Gasteiger partial charge in [-0.3, -0.25) is 4.79 Å². The minimum absolute atomic E-state index is 0.197. The molecule has 1 N–H and O–H groups in total. The van der Waals surface area contributed by atoms with Crippen LogP contribution in [0.15, 0.2) is 29.6 Å². The zero-order valence-electron chi connectivity index (χ0n) is 16.0. The molecule has 0 saturated heterocycles. The Hall–Kier alpha value is -1.68. The normalized spacial score (nSPS) is 20.1. The summed E-state index contributed by atoms with van der Waals surface area (Å²) in [6.45, 7) is 4.88. The van der Waals surface area contributed by atoms with Crippen LogP contribution in [-0.2, 0) is 11.3 Å². The summed E-state index contributed by atoms with van der Waals surface area (Å²) in [5.74, 6) is 1.25. The molecule has 4 heteroatoms. The molecule has 0 unspecified atom stereocenters. The van der Waals surface area contributed by atoms with Crippen molar-refractivity contribution in [2.24, 2.45) is 11.8 Å². The molecule has 1 aliphatic carbocycles. The molecule has 3 rings (SSSR count). The Labute approximate surface area is 161 Å². The number of aromatic nitrogens is 1. The molecule has 1 fully saturated rings. The third-order valence-corrected chi connectivity index (χ3v) is 6.42. The van der Waals surface area contributed by atoms with Crippen LogP contribution in [-0.4, -0.2) is 10.9 Å². The van der Waals surface area contributed by atoms with Gasteiger partial charge in [0.2, 0.25) is 5.91 Å². The second kappa shape index (κ2) is 9.31. The van der Waals surface area contributed by atoms with Crippen LogP contribution < -0.4 is 5.32 Å². The van der Waals surface area contributed by atoms with Crippen molar-refractivity contribution in [2.75, 3.05) is 0 Å². The van der Waals surface area contributed by atoms with Crippen molar-refractivity contribution in [1.82, 2.24) is 10.3 Å². The number of amides is 1. The van der Waals surface area contributed by atoms with Gasteiger partial charge in [-0.2, -0.15) is 0 Å². The molecule has 0 spiro atoms. The number of unbranched alkanes of at least 4 members (excludes halogenated alkanes) is 1. The summed E-state index contributed by atoms with van der Waals surface area (Å²) in [7, 11) is 0. The molecule has 3 nitrogen and oxygen atoms in total. The summed E-state index contributed by atoms with van der Waals surface area (Å²) >= 11 is 1.64. The lowest BCUT2D eigenvalue weighted by atomic mass is 9.79. The fourth-order valence-corrected chi connectivity index (χ4v) is 4.57. The monoisotopic (exact) mass is 370 g/mol. The average molecular weight is 371 g/mol. The molecule has 1 heterocycles. The molecule has 26 heavy (non-hydrogen) atoms. The van der Waals surface area contributed by atoms with Gasteiger partial charge in [0.25, 0.3) is 0 Å². The molecule has 140 valence electrons. The van der Waals surface area contributed by atoms with Crippen LogP contribution in [0.3, 0.4) is 0 Å². The Balaban J connectivity index is 1.46. The summed E-state index contributed by atoms with van der Waals surface area (Å²) in [6, 6.07) is 8.42. The van der Waals surface area contributed by atoms with Crippen molar-refractivity contribution in [3.8, 4) is 10.6 Å². The van der Waals surface area contributed by atoms with Crippen LogP contribution in [0.1, 0.15) is 63.1 Å². The summed E-state index contributed by atoms with van der Waals surface area (Å²) in [4.78, 5) is 17.1. The lowest BCUT2D eigenvalue weighted by Crippen LogP contribution is -2.32. The lowest BCUT2D eigenvalue weighted by Gasteiger charge is -2.27. The number of hydrogen-bond donors (Lipinski definition) is 1. The molecule has 1 saturated carbocycles. The highest BCUT2D eigenvalue weighted by Crippen LogP contribution is 2.32. The van der Waals surface area contributed by atoms with E-state index in [4.69, 9.17) is 0 Å². The average Bonchev–Trinajstić information content (AvgIpc) is 3.14. The van der Waals surface area contributed by atoms with E-state index in [0.29, 0.717) is 6.54 Å². The minimum atomic E-state index is 0.197. The first-order valence-corrected chi connectivity index (χ1v) is 10.8. The Morgan fingerprint density at radius 2 is 1.92 bits per heavy atom. The number of nitrogens with zero attached hydrogens (tertiary/aromatic N) is 1. The molecule has 2 aromatic rings. The van der Waals surface area contributed by atoms with Crippen molar-refractivity contribution < 1.29 is 4.79 Å². The van der Waals surface area contributed by atoms with Gasteiger partial charge < -0.3 is 5.32 Å². The molecule has 0 aliphatic heterocycles. The number of nitrogens with one attached hydrogen (secondary N) is 1. The number of aryl methyl sites for hydroxylation is 1. The first kappa shape index (κ1) is 19.1. The maximum atomic E-state index is 12.5. The van der Waals surface area contributed by atoms with E-state index in [1.807, 2.05) is 0 Å². The van der Waals surface area contributed by atoms with Crippen LogP contribution >= 0.6 is 11.3 Å². The molecular weight excluding hydrogens is 340 g/mol. The smallest absolute Gasteiger partial charge is 0.223 e. The Morgan fingerprint density at radius 1 is 1.19 bits per heavy atom. The number of carbonyl (C=O) groups is 1. The Morgan fingerprint density at radius 3 is 2.62 bits per heavy atom. The molecule has 1 aliphatic rings. The maximum absolute atomic E-state index is 12.5. The molecule has 0 radical (unpaired) electrons. The van der Waals surface area contributed by atoms with Gasteiger partial charge in [-0.1, -0.05) is 56.0 Å². The van der Waals surface area contributed by atoms with Gasteiger partial charge in [-0.15, -0.1) is 11.3 Å². The van der Waals surface area contributed by atoms with Crippen molar-refractivity contribution in [3.05, 3.63) is 40.9 Å². The van der Waals surface area contributed by atoms with Crippen molar-refractivity contribution in [2.45, 2.75) is 65.3 Å². The number of benzene rings is 1. The van der Waals surface area contributed by atoms with Crippen LogP contribution in [0.25, 0.3) is 10.6 Å². The van der Waals surface area contributed by atoms with Gasteiger partial charge in [-0.25, -0.2) is 4.98 Å². The van der Waals surface area contributed by atoms with E-state index in [1.54, 1.807) is 11.3 Å². The van der Waals surface area contributed by atoms with E-state index in [-0.39, 0.29) is 11.8 Å². The van der Waals surface area contributed by atoms with Gasteiger partial charge in [0.1, 0.15) is 5.01 Å². The van der Waals surface area contributed by atoms with Crippen molar-refractivity contribution in [3.63, 3.8) is 0 Å². The maximum Gasteiger partial charge on any atom is 0.223 e. The van der Waals surface area contributed by atoms with Gasteiger partial charge in [-0.05, 0) is 38.5 Å². The topological polar surface area (TPSA) is 42.0 Å². The summed E-state index contributed by atoms with van der Waals surface area (Å²) < 4.78 is 0. The van der Waals surface area contributed by atoms with Crippen LogP contribution in [0.2, 0.25) is 0 Å². The largest absolute Gasteiger partial charge is 0.350 e. The van der Waals surface area contributed by atoms with Gasteiger partial charge in [0, 0.05) is 16.9 Å². The second-order valence-electron chi connectivity index (χ2n) is 7.59. The SMILES string of the molecule is CCCCC1CCC(C(=O)NCc2csc(-c3ccc(C)cc3)n2)CC1. The molecule has 1 amide bonds. The number of hydrogen-bond acceptors (Lipinski definition) is 3. The molecular formula is C22H30N2OS.